The molecule has 0 amide bonds. The van der Waals surface area contributed by atoms with Crippen LogP contribution in [0.5, 0.6) is 5.75 Å². The summed E-state index contributed by atoms with van der Waals surface area (Å²) >= 11 is 0. The Morgan fingerprint density at radius 1 is 1.27 bits per heavy atom. The number of hydrogen-bond acceptors (Lipinski definition) is 4. The Morgan fingerprint density at radius 2 is 1.95 bits per heavy atom. The summed E-state index contributed by atoms with van der Waals surface area (Å²) in [6.07, 6.45) is 2.05. The van der Waals surface area contributed by atoms with Crippen molar-refractivity contribution in [1.29, 1.82) is 0 Å². The Hall–Kier alpha value is -2.08. The number of piperidine rings is 1. The Labute approximate surface area is 129 Å². The molecule has 1 N–H and O–H groups in total. The van der Waals surface area contributed by atoms with Gasteiger partial charge in [0.15, 0.2) is 0 Å². The molecule has 1 saturated heterocycles. The summed E-state index contributed by atoms with van der Waals surface area (Å²) in [6, 6.07) is 7.82. The number of rotatable bonds is 4. The number of ether oxygens (including phenoxy) is 1. The highest BCUT2D eigenvalue weighted by molar-refractivity contribution is 5.27. The lowest BCUT2D eigenvalue weighted by atomic mass is 9.97. The molecule has 0 radical (unpaired) electrons. The second kappa shape index (κ2) is 6.36. The minimum absolute atomic E-state index is 0.0515. The van der Waals surface area contributed by atoms with Crippen molar-refractivity contribution >= 4 is 0 Å². The van der Waals surface area contributed by atoms with Crippen LogP contribution in [0.2, 0.25) is 0 Å². The van der Waals surface area contributed by atoms with Crippen LogP contribution in [0.25, 0.3) is 0 Å². The first-order valence-corrected chi connectivity index (χ1v) is 7.66. The summed E-state index contributed by atoms with van der Waals surface area (Å²) in [4.78, 5) is 12.4. The van der Waals surface area contributed by atoms with Crippen LogP contribution in [-0.2, 0) is 13.6 Å². The maximum atomic E-state index is 12.4. The number of hydrogen-bond donors (Lipinski definition) is 1. The Bertz CT molecular complexity index is 681. The fourth-order valence-electron chi connectivity index (χ4n) is 2.97. The standard InChI is InChI=1S/C16H22N4O2/c1-19-16(21)20(11-12-3-5-14(22-2)6-4-12)15(18-19)13-7-9-17-10-8-13/h3-6,13,17H,7-11H2,1-2H3. The van der Waals surface area contributed by atoms with E-state index < -0.39 is 0 Å². The van der Waals surface area contributed by atoms with E-state index in [1.54, 1.807) is 18.7 Å². The van der Waals surface area contributed by atoms with Gasteiger partial charge in [0.1, 0.15) is 11.6 Å². The summed E-state index contributed by atoms with van der Waals surface area (Å²) in [6.45, 7) is 2.52. The summed E-state index contributed by atoms with van der Waals surface area (Å²) in [5.74, 6) is 2.08. The number of methoxy groups -OCH3 is 1. The first kappa shape index (κ1) is 14.8. The van der Waals surface area contributed by atoms with E-state index in [9.17, 15) is 4.79 Å². The van der Waals surface area contributed by atoms with Crippen LogP contribution in [0.1, 0.15) is 30.1 Å². The van der Waals surface area contributed by atoms with Gasteiger partial charge in [0, 0.05) is 13.0 Å². The number of nitrogens with one attached hydrogen (secondary N) is 1. The van der Waals surface area contributed by atoms with Crippen LogP contribution >= 0.6 is 0 Å². The van der Waals surface area contributed by atoms with Crippen molar-refractivity contribution in [3.63, 3.8) is 0 Å². The van der Waals surface area contributed by atoms with Gasteiger partial charge < -0.3 is 10.1 Å². The van der Waals surface area contributed by atoms with Crippen LogP contribution in [0.15, 0.2) is 29.1 Å². The van der Waals surface area contributed by atoms with Gasteiger partial charge in [-0.3, -0.25) is 4.57 Å². The first-order chi connectivity index (χ1) is 10.7. The molecule has 1 aromatic heterocycles. The lowest BCUT2D eigenvalue weighted by molar-refractivity contribution is 0.414. The predicted octanol–water partition coefficient (Wildman–Crippen LogP) is 1.11. The molecule has 0 saturated carbocycles. The fourth-order valence-corrected chi connectivity index (χ4v) is 2.97. The van der Waals surface area contributed by atoms with Gasteiger partial charge in [-0.05, 0) is 43.6 Å². The molecule has 0 spiro atoms. The Kier molecular flexibility index (Phi) is 4.29. The van der Waals surface area contributed by atoms with Gasteiger partial charge in [0.05, 0.1) is 13.7 Å². The van der Waals surface area contributed by atoms with Gasteiger partial charge in [-0.2, -0.15) is 5.10 Å². The first-order valence-electron chi connectivity index (χ1n) is 7.66. The highest BCUT2D eigenvalue weighted by atomic mass is 16.5. The van der Waals surface area contributed by atoms with E-state index >= 15 is 0 Å². The summed E-state index contributed by atoms with van der Waals surface area (Å²) in [5, 5.41) is 7.83. The molecule has 6 nitrogen and oxygen atoms in total. The third-order valence-corrected chi connectivity index (χ3v) is 4.24. The second-order valence-electron chi connectivity index (χ2n) is 5.72. The number of aryl methyl sites for hydroxylation is 1. The third kappa shape index (κ3) is 2.92. The molecule has 1 aromatic carbocycles. The maximum Gasteiger partial charge on any atom is 0.345 e. The third-order valence-electron chi connectivity index (χ3n) is 4.24. The number of nitrogens with zero attached hydrogens (tertiary/aromatic N) is 3. The SMILES string of the molecule is COc1ccc(Cn2c(C3CCNCC3)nn(C)c2=O)cc1. The van der Waals surface area contributed by atoms with Gasteiger partial charge in [0.25, 0.3) is 0 Å². The highest BCUT2D eigenvalue weighted by Gasteiger charge is 2.23. The van der Waals surface area contributed by atoms with E-state index in [2.05, 4.69) is 10.4 Å². The van der Waals surface area contributed by atoms with Crippen molar-refractivity contribution in [2.45, 2.75) is 25.3 Å². The van der Waals surface area contributed by atoms with Crippen molar-refractivity contribution < 1.29 is 4.74 Å². The van der Waals surface area contributed by atoms with Crippen molar-refractivity contribution in [2.24, 2.45) is 7.05 Å². The predicted molar refractivity (Wildman–Crippen MR) is 84.4 cm³/mol. The second-order valence-corrected chi connectivity index (χ2v) is 5.72. The van der Waals surface area contributed by atoms with Crippen LogP contribution in [-0.4, -0.2) is 34.5 Å². The lowest BCUT2D eigenvalue weighted by Crippen LogP contribution is -2.30. The van der Waals surface area contributed by atoms with Crippen LogP contribution in [0.4, 0.5) is 0 Å². The molecule has 22 heavy (non-hydrogen) atoms. The Balaban J connectivity index is 1.89. The maximum absolute atomic E-state index is 12.4. The van der Waals surface area contributed by atoms with Crippen molar-refractivity contribution in [3.05, 3.63) is 46.1 Å². The summed E-state index contributed by atoms with van der Waals surface area (Å²) in [7, 11) is 3.37. The van der Waals surface area contributed by atoms with E-state index in [4.69, 9.17) is 4.74 Å². The van der Waals surface area contributed by atoms with Gasteiger partial charge in [-0.1, -0.05) is 12.1 Å². The molecule has 0 aliphatic carbocycles. The topological polar surface area (TPSA) is 61.1 Å². The number of aromatic nitrogens is 3. The Morgan fingerprint density at radius 3 is 2.59 bits per heavy atom. The molecule has 3 rings (SSSR count). The molecule has 1 aliphatic rings. The molecule has 118 valence electrons. The minimum atomic E-state index is -0.0515. The summed E-state index contributed by atoms with van der Waals surface area (Å²) < 4.78 is 8.42. The van der Waals surface area contributed by atoms with Gasteiger partial charge in [0.2, 0.25) is 0 Å². The van der Waals surface area contributed by atoms with Gasteiger partial charge in [-0.15, -0.1) is 0 Å². The fraction of sp³-hybridized carbons (Fsp3) is 0.500. The van der Waals surface area contributed by atoms with E-state index in [1.165, 1.54) is 4.68 Å². The average molecular weight is 302 g/mol. The lowest BCUT2D eigenvalue weighted by Gasteiger charge is -2.22. The molecule has 0 unspecified atom stereocenters. The van der Waals surface area contributed by atoms with Crippen molar-refractivity contribution in [2.75, 3.05) is 20.2 Å². The minimum Gasteiger partial charge on any atom is -0.497 e. The smallest absolute Gasteiger partial charge is 0.345 e. The van der Waals surface area contributed by atoms with E-state index in [0.29, 0.717) is 12.5 Å². The van der Waals surface area contributed by atoms with Crippen molar-refractivity contribution in [1.82, 2.24) is 19.7 Å². The van der Waals surface area contributed by atoms with Crippen LogP contribution in [0, 0.1) is 0 Å². The van der Waals surface area contributed by atoms with Gasteiger partial charge >= 0.3 is 5.69 Å². The normalized spacial score (nSPS) is 15.9. The molecule has 2 heterocycles. The molecule has 1 aliphatic heterocycles. The highest BCUT2D eigenvalue weighted by Crippen LogP contribution is 2.23. The van der Waals surface area contributed by atoms with E-state index in [-0.39, 0.29) is 5.69 Å². The van der Waals surface area contributed by atoms with E-state index in [1.807, 2.05) is 24.3 Å². The van der Waals surface area contributed by atoms with Crippen LogP contribution in [0.3, 0.4) is 0 Å². The largest absolute Gasteiger partial charge is 0.497 e. The molecular formula is C16H22N4O2. The molecule has 0 bridgehead atoms. The molecule has 1 fully saturated rings. The molecular weight excluding hydrogens is 280 g/mol. The molecule has 6 heteroatoms. The molecule has 0 atom stereocenters. The van der Waals surface area contributed by atoms with Crippen molar-refractivity contribution in [3.8, 4) is 5.75 Å². The zero-order chi connectivity index (χ0) is 15.5. The summed E-state index contributed by atoms with van der Waals surface area (Å²) in [5.41, 5.74) is 1.02. The molecule has 2 aromatic rings. The monoisotopic (exact) mass is 302 g/mol. The number of benzene rings is 1. The zero-order valence-corrected chi connectivity index (χ0v) is 13.1. The quantitative estimate of drug-likeness (QED) is 0.919. The van der Waals surface area contributed by atoms with E-state index in [0.717, 1.165) is 43.1 Å². The van der Waals surface area contributed by atoms with Crippen LogP contribution < -0.4 is 15.7 Å². The van der Waals surface area contributed by atoms with Gasteiger partial charge in [-0.25, -0.2) is 9.48 Å². The average Bonchev–Trinajstić information content (AvgIpc) is 2.85. The zero-order valence-electron chi connectivity index (χ0n) is 13.1.